The van der Waals surface area contributed by atoms with Gasteiger partial charge in [-0.1, -0.05) is 0 Å². The fourth-order valence-corrected chi connectivity index (χ4v) is 9.69. The van der Waals surface area contributed by atoms with Gasteiger partial charge < -0.3 is 0 Å². The van der Waals surface area contributed by atoms with Crippen molar-refractivity contribution in [3.8, 4) is 11.7 Å². The fraction of sp³-hybridized carbons (Fsp3) is 0.500. The predicted molar refractivity (Wildman–Crippen MR) is 166 cm³/mol. The average Bonchev–Trinajstić information content (AvgIpc) is 3.44. The van der Waals surface area contributed by atoms with Crippen LogP contribution in [-0.4, -0.2) is 58.8 Å². The molecule has 1 amide bonds. The summed E-state index contributed by atoms with van der Waals surface area (Å²) in [4.78, 5) is 21.4. The summed E-state index contributed by atoms with van der Waals surface area (Å²) in [6.07, 6.45) is 3.69. The van der Waals surface area contributed by atoms with E-state index in [0.717, 1.165) is 29.8 Å². The number of halogens is 3. The SMILES string of the molecule is C=C/C=C(\C=C)SNC(=O)c1ccc(-n2ccc(OCCC3(C(F)(F)F)CC3)n2)nc1N1C[CH]([Ge]([CH3])([CH3])[CH3])CC1(C)C. The van der Waals surface area contributed by atoms with E-state index in [0.29, 0.717) is 21.9 Å². The second kappa shape index (κ2) is 12.1. The van der Waals surface area contributed by atoms with E-state index in [9.17, 15) is 18.0 Å². The molecule has 1 saturated carbocycles. The van der Waals surface area contributed by atoms with Crippen LogP contribution < -0.4 is 14.4 Å². The Labute approximate surface area is 253 Å². The Morgan fingerprint density at radius 3 is 2.52 bits per heavy atom. The third-order valence-corrected chi connectivity index (χ3v) is 15.1. The van der Waals surface area contributed by atoms with Gasteiger partial charge in [0.25, 0.3) is 0 Å². The van der Waals surface area contributed by atoms with E-state index in [-0.39, 0.29) is 43.2 Å². The number of carbonyl (C=O) groups excluding carboxylic acids is 1. The number of hydrogen-bond donors (Lipinski definition) is 1. The molecule has 2 fully saturated rings. The van der Waals surface area contributed by atoms with E-state index in [2.05, 4.69) is 59.0 Å². The molecule has 2 aromatic rings. The Bertz CT molecular complexity index is 1360. The molecule has 2 aromatic heterocycles. The van der Waals surface area contributed by atoms with Crippen LogP contribution >= 0.6 is 11.9 Å². The van der Waals surface area contributed by atoms with Crippen LogP contribution in [0.1, 0.15) is 49.9 Å². The number of alkyl halides is 3. The van der Waals surface area contributed by atoms with Gasteiger partial charge in [-0.2, -0.15) is 13.2 Å². The molecule has 228 valence electrons. The Morgan fingerprint density at radius 1 is 1.24 bits per heavy atom. The summed E-state index contributed by atoms with van der Waals surface area (Å²) in [7, 11) is 0. The molecule has 4 rings (SSSR count). The van der Waals surface area contributed by atoms with Gasteiger partial charge in [-0.25, -0.2) is 0 Å². The van der Waals surface area contributed by atoms with Gasteiger partial charge in [0.1, 0.15) is 0 Å². The molecule has 42 heavy (non-hydrogen) atoms. The maximum atomic E-state index is 13.5. The molecule has 3 heterocycles. The Morgan fingerprint density at radius 2 is 1.95 bits per heavy atom. The van der Waals surface area contributed by atoms with Gasteiger partial charge in [0, 0.05) is 0 Å². The first-order valence-electron chi connectivity index (χ1n) is 14.1. The quantitative estimate of drug-likeness (QED) is 0.143. The third kappa shape index (κ3) is 7.10. The molecule has 0 bridgehead atoms. The van der Waals surface area contributed by atoms with Crippen LogP contribution in [0.25, 0.3) is 5.82 Å². The molecule has 0 radical (unpaired) electrons. The van der Waals surface area contributed by atoms with Crippen molar-refractivity contribution >= 4 is 36.9 Å². The Balaban J connectivity index is 1.60. The van der Waals surface area contributed by atoms with Gasteiger partial charge in [-0.3, -0.25) is 0 Å². The van der Waals surface area contributed by atoms with Crippen LogP contribution in [0.3, 0.4) is 0 Å². The summed E-state index contributed by atoms with van der Waals surface area (Å²) in [5.41, 5.74) is -1.40. The number of ether oxygens (including phenoxy) is 1. The minimum absolute atomic E-state index is 0.0691. The van der Waals surface area contributed by atoms with E-state index in [1.165, 1.54) is 4.68 Å². The zero-order chi connectivity index (χ0) is 30.9. The number of aromatic nitrogens is 3. The first kappa shape index (κ1) is 32.3. The molecule has 1 aliphatic heterocycles. The molecule has 0 aromatic carbocycles. The number of nitrogens with one attached hydrogen (secondary N) is 1. The average molecular weight is 664 g/mol. The van der Waals surface area contributed by atoms with Gasteiger partial charge in [-0.05, 0) is 12.8 Å². The van der Waals surface area contributed by atoms with Crippen molar-refractivity contribution < 1.29 is 22.7 Å². The fourth-order valence-electron chi connectivity index (χ4n) is 5.26. The zero-order valence-electron chi connectivity index (χ0n) is 24.9. The van der Waals surface area contributed by atoms with Gasteiger partial charge >= 0.3 is 222 Å². The van der Waals surface area contributed by atoms with Crippen molar-refractivity contribution in [3.05, 3.63) is 66.3 Å². The summed E-state index contributed by atoms with van der Waals surface area (Å²) < 4.78 is 50.4. The summed E-state index contributed by atoms with van der Waals surface area (Å²) in [5.74, 6) is 8.21. The second-order valence-electron chi connectivity index (χ2n) is 12.7. The van der Waals surface area contributed by atoms with E-state index in [4.69, 9.17) is 9.72 Å². The summed E-state index contributed by atoms with van der Waals surface area (Å²) in [5, 5.41) is 4.42. The van der Waals surface area contributed by atoms with E-state index >= 15 is 0 Å². The van der Waals surface area contributed by atoms with Crippen LogP contribution in [0.2, 0.25) is 22.0 Å². The van der Waals surface area contributed by atoms with E-state index in [1.807, 2.05) is 0 Å². The van der Waals surface area contributed by atoms with Crippen molar-refractivity contribution in [1.29, 1.82) is 0 Å². The van der Waals surface area contributed by atoms with Gasteiger partial charge in [0.05, 0.1) is 5.41 Å². The number of hydrogen-bond acceptors (Lipinski definition) is 6. The van der Waals surface area contributed by atoms with Crippen molar-refractivity contribution in [2.45, 2.75) is 73.3 Å². The topological polar surface area (TPSA) is 72.3 Å². The van der Waals surface area contributed by atoms with Crippen molar-refractivity contribution in [1.82, 2.24) is 19.5 Å². The first-order chi connectivity index (χ1) is 19.6. The number of nitrogens with zero attached hydrogens (tertiary/aromatic N) is 4. The zero-order valence-corrected chi connectivity index (χ0v) is 27.8. The van der Waals surface area contributed by atoms with Crippen LogP contribution in [-0.2, 0) is 0 Å². The molecule has 1 unspecified atom stereocenters. The molecule has 1 saturated heterocycles. The maximum absolute atomic E-state index is 13.5. The van der Waals surface area contributed by atoms with Crippen molar-refractivity contribution in [3.63, 3.8) is 0 Å². The van der Waals surface area contributed by atoms with Crippen LogP contribution in [0.5, 0.6) is 5.88 Å². The van der Waals surface area contributed by atoms with Crippen molar-refractivity contribution in [2.75, 3.05) is 18.1 Å². The molecular formula is C30H40F3GeN5O2S. The normalized spacial score (nSPS) is 19.9. The van der Waals surface area contributed by atoms with E-state index in [1.54, 1.807) is 42.6 Å². The number of pyridine rings is 1. The molecule has 1 atom stereocenters. The predicted octanol–water partition coefficient (Wildman–Crippen LogP) is 7.71. The van der Waals surface area contributed by atoms with E-state index < -0.39 is 24.9 Å². The first-order valence-corrected chi connectivity index (χ1v) is 22.4. The third-order valence-electron chi connectivity index (χ3n) is 8.29. The van der Waals surface area contributed by atoms with Crippen molar-refractivity contribution in [2.24, 2.45) is 5.41 Å². The number of carbonyl (C=O) groups is 1. The standard InChI is InChI=1S/C30H40F3GeN5O2S/c1-8-10-22(9-2)42-37-27(40)23-11-12-24(35-26(23)38-20-21(34(5,6)7)19-28(38,3)4)39-17-13-25(36-39)41-18-16-29(14-15-29)30(31,32)33/h8-13,17,21H,1-2,14-16,18-20H2,3-7H3,(H,37,40)/b22-10+. The number of amides is 1. The van der Waals surface area contributed by atoms with Crippen LogP contribution in [0, 0.1) is 5.41 Å². The molecule has 0 spiro atoms. The second-order valence-corrected chi connectivity index (χ2v) is 25.3. The Hall–Kier alpha value is -2.67. The van der Waals surface area contributed by atoms with Crippen LogP contribution in [0.15, 0.2) is 60.7 Å². The summed E-state index contributed by atoms with van der Waals surface area (Å²) >= 11 is -0.881. The molecular weight excluding hydrogens is 624 g/mol. The van der Waals surface area contributed by atoms with Gasteiger partial charge in [-0.15, -0.1) is 0 Å². The van der Waals surface area contributed by atoms with Gasteiger partial charge in [0.15, 0.2) is 0 Å². The number of rotatable bonds is 12. The summed E-state index contributed by atoms with van der Waals surface area (Å²) in [6.45, 7) is 12.6. The molecule has 1 aliphatic carbocycles. The van der Waals surface area contributed by atoms with Gasteiger partial charge in [0.2, 0.25) is 0 Å². The molecule has 12 heteroatoms. The molecule has 7 nitrogen and oxygen atoms in total. The Kier molecular flexibility index (Phi) is 9.32. The number of allylic oxidation sites excluding steroid dienone is 3. The molecule has 2 aliphatic rings. The minimum atomic E-state index is -4.21. The summed E-state index contributed by atoms with van der Waals surface area (Å²) in [6, 6.07) is 5.05. The number of anilines is 1. The van der Waals surface area contributed by atoms with Crippen LogP contribution in [0.4, 0.5) is 19.0 Å². The monoisotopic (exact) mass is 665 g/mol. The molecule has 1 N–H and O–H groups in total.